The van der Waals surface area contributed by atoms with Gasteiger partial charge in [-0.25, -0.2) is 0 Å². The first-order valence-corrected chi connectivity index (χ1v) is 6.24. The van der Waals surface area contributed by atoms with Crippen molar-refractivity contribution < 1.29 is 23.0 Å². The van der Waals surface area contributed by atoms with Gasteiger partial charge in [0.05, 0.1) is 12.2 Å². The van der Waals surface area contributed by atoms with Crippen molar-refractivity contribution in [3.63, 3.8) is 0 Å². The molecule has 0 saturated carbocycles. The summed E-state index contributed by atoms with van der Waals surface area (Å²) in [5.41, 5.74) is -0.694. The van der Waals surface area contributed by atoms with E-state index in [-0.39, 0.29) is 12.5 Å². The van der Waals surface area contributed by atoms with Gasteiger partial charge in [0.15, 0.2) is 0 Å². The lowest BCUT2D eigenvalue weighted by molar-refractivity contribution is -0.137. The molecule has 1 atom stereocenters. The normalized spacial score (nSPS) is 13.6. The fourth-order valence-corrected chi connectivity index (χ4v) is 1.82. The minimum absolute atomic E-state index is 0.00212. The molecule has 0 amide bonds. The molecular weight excluding hydrogens is 257 g/mol. The van der Waals surface area contributed by atoms with E-state index in [1.54, 1.807) is 0 Å². The van der Waals surface area contributed by atoms with E-state index in [9.17, 15) is 18.3 Å². The second-order valence-electron chi connectivity index (χ2n) is 5.01. The molecule has 2 nitrogen and oxygen atoms in total. The molecule has 1 unspecified atom stereocenters. The van der Waals surface area contributed by atoms with Crippen LogP contribution in [0.25, 0.3) is 0 Å². The highest BCUT2D eigenvalue weighted by Gasteiger charge is 2.30. The van der Waals surface area contributed by atoms with Gasteiger partial charge in [0.1, 0.15) is 5.75 Å². The standard InChI is InChI=1S/C14H19F3O2/c1-10(2)7-11(8-18)9-19-13-5-3-12(4-6-13)14(15,16)17/h3-6,10-11,18H,7-9H2,1-2H3. The molecule has 5 heteroatoms. The third-order valence-electron chi connectivity index (χ3n) is 2.73. The molecule has 1 rings (SSSR count). The second kappa shape index (κ2) is 6.80. The number of rotatable bonds is 6. The van der Waals surface area contributed by atoms with E-state index in [2.05, 4.69) is 0 Å². The van der Waals surface area contributed by atoms with E-state index in [4.69, 9.17) is 4.74 Å². The quantitative estimate of drug-likeness (QED) is 0.857. The van der Waals surface area contributed by atoms with E-state index in [0.717, 1.165) is 18.6 Å². The van der Waals surface area contributed by atoms with Gasteiger partial charge >= 0.3 is 6.18 Å². The van der Waals surface area contributed by atoms with Crippen LogP contribution in [-0.2, 0) is 6.18 Å². The van der Waals surface area contributed by atoms with Crippen molar-refractivity contribution in [1.82, 2.24) is 0 Å². The summed E-state index contributed by atoms with van der Waals surface area (Å²) in [7, 11) is 0. The third-order valence-corrected chi connectivity index (χ3v) is 2.73. The smallest absolute Gasteiger partial charge is 0.416 e. The first kappa shape index (κ1) is 15.8. The van der Waals surface area contributed by atoms with Gasteiger partial charge in [-0.05, 0) is 36.6 Å². The molecule has 0 aromatic heterocycles. The van der Waals surface area contributed by atoms with Crippen molar-refractivity contribution in [2.45, 2.75) is 26.4 Å². The molecule has 0 saturated heterocycles. The molecule has 108 valence electrons. The Morgan fingerprint density at radius 3 is 2.16 bits per heavy atom. The molecule has 0 aliphatic heterocycles. The number of halogens is 3. The monoisotopic (exact) mass is 276 g/mol. The third kappa shape index (κ3) is 5.51. The van der Waals surface area contributed by atoms with E-state index < -0.39 is 11.7 Å². The van der Waals surface area contributed by atoms with Crippen molar-refractivity contribution >= 4 is 0 Å². The van der Waals surface area contributed by atoms with Crippen LogP contribution < -0.4 is 4.74 Å². The summed E-state index contributed by atoms with van der Waals surface area (Å²) in [6, 6.07) is 4.58. The van der Waals surface area contributed by atoms with Gasteiger partial charge in [-0.2, -0.15) is 13.2 Å². The molecule has 0 bridgehead atoms. The lowest BCUT2D eigenvalue weighted by Gasteiger charge is -2.17. The fraction of sp³-hybridized carbons (Fsp3) is 0.571. The van der Waals surface area contributed by atoms with Crippen molar-refractivity contribution in [2.75, 3.05) is 13.2 Å². The number of benzene rings is 1. The number of aliphatic hydroxyl groups is 1. The highest BCUT2D eigenvalue weighted by Crippen LogP contribution is 2.30. The summed E-state index contributed by atoms with van der Waals surface area (Å²) in [5.74, 6) is 0.825. The minimum atomic E-state index is -4.33. The Morgan fingerprint density at radius 1 is 1.16 bits per heavy atom. The van der Waals surface area contributed by atoms with E-state index in [1.165, 1.54) is 12.1 Å². The van der Waals surface area contributed by atoms with Crippen LogP contribution in [0.2, 0.25) is 0 Å². The van der Waals surface area contributed by atoms with Crippen LogP contribution in [0.5, 0.6) is 5.75 Å². The number of ether oxygens (including phenoxy) is 1. The molecule has 0 aliphatic carbocycles. The van der Waals surface area contributed by atoms with Gasteiger partial charge in [0, 0.05) is 12.5 Å². The number of hydrogen-bond acceptors (Lipinski definition) is 2. The molecule has 0 aliphatic rings. The highest BCUT2D eigenvalue weighted by atomic mass is 19.4. The summed E-state index contributed by atoms with van der Waals surface area (Å²) in [6.07, 6.45) is -3.51. The van der Waals surface area contributed by atoms with Crippen LogP contribution in [-0.4, -0.2) is 18.3 Å². The summed E-state index contributed by atoms with van der Waals surface area (Å²) in [5, 5.41) is 9.17. The van der Waals surface area contributed by atoms with E-state index >= 15 is 0 Å². The van der Waals surface area contributed by atoms with Crippen LogP contribution in [0.15, 0.2) is 24.3 Å². The molecule has 0 fully saturated rings. The van der Waals surface area contributed by atoms with Gasteiger partial charge < -0.3 is 9.84 Å². The summed E-state index contributed by atoms with van der Waals surface area (Å²) in [4.78, 5) is 0. The summed E-state index contributed by atoms with van der Waals surface area (Å²) < 4.78 is 42.5. The lowest BCUT2D eigenvalue weighted by atomic mass is 9.99. The van der Waals surface area contributed by atoms with Crippen LogP contribution in [0.3, 0.4) is 0 Å². The molecule has 0 heterocycles. The zero-order valence-electron chi connectivity index (χ0n) is 11.1. The molecule has 1 aromatic carbocycles. The molecule has 1 N–H and O–H groups in total. The van der Waals surface area contributed by atoms with Gasteiger partial charge in [0.2, 0.25) is 0 Å². The topological polar surface area (TPSA) is 29.5 Å². The summed E-state index contributed by atoms with van der Waals surface area (Å²) >= 11 is 0. The largest absolute Gasteiger partial charge is 0.493 e. The number of hydrogen-bond donors (Lipinski definition) is 1. The Balaban J connectivity index is 2.54. The second-order valence-corrected chi connectivity index (χ2v) is 5.01. The fourth-order valence-electron chi connectivity index (χ4n) is 1.82. The average Bonchev–Trinajstić information content (AvgIpc) is 2.33. The Bertz CT molecular complexity index is 371. The lowest BCUT2D eigenvalue weighted by Crippen LogP contribution is -2.18. The molecule has 0 radical (unpaired) electrons. The Labute approximate surface area is 111 Å². The first-order valence-electron chi connectivity index (χ1n) is 6.24. The maximum Gasteiger partial charge on any atom is 0.416 e. The van der Waals surface area contributed by atoms with E-state index in [0.29, 0.717) is 18.3 Å². The molecule has 19 heavy (non-hydrogen) atoms. The van der Waals surface area contributed by atoms with Gasteiger partial charge in [-0.15, -0.1) is 0 Å². The van der Waals surface area contributed by atoms with Gasteiger partial charge in [-0.3, -0.25) is 0 Å². The van der Waals surface area contributed by atoms with Gasteiger partial charge in [0.25, 0.3) is 0 Å². The van der Waals surface area contributed by atoms with Crippen molar-refractivity contribution in [3.8, 4) is 5.75 Å². The van der Waals surface area contributed by atoms with Crippen molar-refractivity contribution in [1.29, 1.82) is 0 Å². The number of alkyl halides is 3. The molecule has 0 spiro atoms. The van der Waals surface area contributed by atoms with Crippen molar-refractivity contribution in [2.24, 2.45) is 11.8 Å². The van der Waals surface area contributed by atoms with Crippen LogP contribution in [0, 0.1) is 11.8 Å². The Kier molecular flexibility index (Phi) is 5.66. The predicted octanol–water partition coefficient (Wildman–Crippen LogP) is 3.74. The van der Waals surface area contributed by atoms with Crippen molar-refractivity contribution in [3.05, 3.63) is 29.8 Å². The van der Waals surface area contributed by atoms with Crippen LogP contribution in [0.4, 0.5) is 13.2 Å². The van der Waals surface area contributed by atoms with Gasteiger partial charge in [-0.1, -0.05) is 13.8 Å². The Hall–Kier alpha value is -1.23. The average molecular weight is 276 g/mol. The van der Waals surface area contributed by atoms with E-state index in [1.807, 2.05) is 13.8 Å². The first-order chi connectivity index (χ1) is 8.82. The maximum atomic E-state index is 12.4. The highest BCUT2D eigenvalue weighted by molar-refractivity contribution is 5.28. The maximum absolute atomic E-state index is 12.4. The summed E-state index contributed by atoms with van der Waals surface area (Å²) in [6.45, 7) is 4.40. The SMILES string of the molecule is CC(C)CC(CO)COc1ccc(C(F)(F)F)cc1. The molecule has 1 aromatic rings. The minimum Gasteiger partial charge on any atom is -0.493 e. The zero-order valence-corrected chi connectivity index (χ0v) is 11.1. The van der Waals surface area contributed by atoms with Crippen LogP contribution >= 0.6 is 0 Å². The zero-order chi connectivity index (χ0) is 14.5. The number of aliphatic hydroxyl groups excluding tert-OH is 1. The molecular formula is C14H19F3O2. The van der Waals surface area contributed by atoms with Crippen LogP contribution in [0.1, 0.15) is 25.8 Å². The Morgan fingerprint density at radius 2 is 1.74 bits per heavy atom. The predicted molar refractivity (Wildman–Crippen MR) is 67.0 cm³/mol.